The van der Waals surface area contributed by atoms with E-state index in [-0.39, 0.29) is 23.5 Å². The molecule has 0 aliphatic carbocycles. The topological polar surface area (TPSA) is 59.2 Å². The summed E-state index contributed by atoms with van der Waals surface area (Å²) in [7, 11) is 0. The van der Waals surface area contributed by atoms with Crippen molar-refractivity contribution >= 4 is 35.1 Å². The van der Waals surface area contributed by atoms with Crippen molar-refractivity contribution in [1.82, 2.24) is 10.2 Å². The second kappa shape index (κ2) is 9.18. The zero-order valence-electron chi connectivity index (χ0n) is 16.8. The van der Waals surface area contributed by atoms with Gasteiger partial charge < -0.3 is 9.32 Å². The molecule has 0 spiro atoms. The fourth-order valence-corrected chi connectivity index (χ4v) is 5.38. The SMILES string of the molecule is O=C(CSc1nnc(-c2ccc(F)cc2)o1)N1c2ccccc2SC[C@H]1c1ccccc1. The molecule has 3 aromatic carbocycles. The standard InChI is InChI=1S/C24H18FN3O2S2/c25-18-12-10-17(11-13-18)23-26-27-24(30-23)32-15-22(29)28-19-8-4-5-9-21(19)31-14-20(28)16-6-2-1-3-7-16/h1-13,20H,14-15H2/t20-/m0/s1. The predicted molar refractivity (Wildman–Crippen MR) is 124 cm³/mol. The number of carbonyl (C=O) groups excluding carboxylic acids is 1. The number of hydrogen-bond donors (Lipinski definition) is 0. The highest BCUT2D eigenvalue weighted by atomic mass is 32.2. The molecule has 1 aromatic heterocycles. The molecule has 32 heavy (non-hydrogen) atoms. The van der Waals surface area contributed by atoms with E-state index in [9.17, 15) is 9.18 Å². The van der Waals surface area contributed by atoms with Crippen LogP contribution in [-0.2, 0) is 4.79 Å². The molecular weight excluding hydrogens is 445 g/mol. The molecule has 5 rings (SSSR count). The first-order valence-electron chi connectivity index (χ1n) is 10.00. The molecule has 2 heterocycles. The van der Waals surface area contributed by atoms with Gasteiger partial charge in [-0.15, -0.1) is 22.0 Å². The number of thioether (sulfide) groups is 2. The zero-order valence-corrected chi connectivity index (χ0v) is 18.5. The van der Waals surface area contributed by atoms with Crippen LogP contribution in [0.2, 0.25) is 0 Å². The fraction of sp³-hybridized carbons (Fsp3) is 0.125. The summed E-state index contributed by atoms with van der Waals surface area (Å²) in [5.41, 5.74) is 2.65. The van der Waals surface area contributed by atoms with Gasteiger partial charge in [-0.05, 0) is 42.0 Å². The average Bonchev–Trinajstić information content (AvgIpc) is 3.32. The molecule has 5 nitrogen and oxygen atoms in total. The van der Waals surface area contributed by atoms with Crippen molar-refractivity contribution in [2.75, 3.05) is 16.4 Å². The summed E-state index contributed by atoms with van der Waals surface area (Å²) in [4.78, 5) is 16.4. The monoisotopic (exact) mass is 463 g/mol. The molecule has 1 atom stereocenters. The molecule has 0 radical (unpaired) electrons. The Bertz CT molecular complexity index is 1230. The molecule has 8 heteroatoms. The molecule has 0 N–H and O–H groups in total. The molecule has 1 aliphatic rings. The second-order valence-corrected chi connectivity index (χ2v) is 9.13. The van der Waals surface area contributed by atoms with Crippen LogP contribution in [0, 0.1) is 5.82 Å². The van der Waals surface area contributed by atoms with E-state index < -0.39 is 0 Å². The van der Waals surface area contributed by atoms with Crippen molar-refractivity contribution in [2.24, 2.45) is 0 Å². The van der Waals surface area contributed by atoms with Crippen LogP contribution in [0.4, 0.5) is 10.1 Å². The molecule has 160 valence electrons. The lowest BCUT2D eigenvalue weighted by atomic mass is 10.1. The summed E-state index contributed by atoms with van der Waals surface area (Å²) in [5.74, 6) is 0.876. The normalized spacial score (nSPS) is 15.4. The van der Waals surface area contributed by atoms with Crippen molar-refractivity contribution in [3.8, 4) is 11.5 Å². The number of anilines is 1. The van der Waals surface area contributed by atoms with E-state index in [1.807, 2.05) is 47.4 Å². The lowest BCUT2D eigenvalue weighted by Crippen LogP contribution is -2.39. The third kappa shape index (κ3) is 4.28. The third-order valence-electron chi connectivity index (χ3n) is 5.10. The van der Waals surface area contributed by atoms with Crippen LogP contribution in [0.1, 0.15) is 11.6 Å². The van der Waals surface area contributed by atoms with E-state index in [2.05, 4.69) is 22.3 Å². The third-order valence-corrected chi connectivity index (χ3v) is 7.04. The van der Waals surface area contributed by atoms with Crippen LogP contribution in [0.3, 0.4) is 0 Å². The van der Waals surface area contributed by atoms with Gasteiger partial charge in [0.15, 0.2) is 0 Å². The van der Waals surface area contributed by atoms with Gasteiger partial charge >= 0.3 is 0 Å². The van der Waals surface area contributed by atoms with Gasteiger partial charge in [0.25, 0.3) is 5.22 Å². The number of nitrogens with zero attached hydrogens (tertiary/aromatic N) is 3. The van der Waals surface area contributed by atoms with Crippen molar-refractivity contribution in [3.63, 3.8) is 0 Å². The summed E-state index contributed by atoms with van der Waals surface area (Å²) in [6.07, 6.45) is 0. The Morgan fingerprint density at radius 1 is 1.03 bits per heavy atom. The largest absolute Gasteiger partial charge is 0.411 e. The molecule has 1 amide bonds. The Balaban J connectivity index is 1.36. The quantitative estimate of drug-likeness (QED) is 0.346. The number of amides is 1. The zero-order chi connectivity index (χ0) is 21.9. The highest BCUT2D eigenvalue weighted by Gasteiger charge is 2.32. The first-order chi connectivity index (χ1) is 15.7. The maximum absolute atomic E-state index is 13.4. The van der Waals surface area contributed by atoms with E-state index >= 15 is 0 Å². The average molecular weight is 464 g/mol. The number of hydrogen-bond acceptors (Lipinski definition) is 6. The van der Waals surface area contributed by atoms with E-state index in [0.717, 1.165) is 21.9 Å². The maximum Gasteiger partial charge on any atom is 0.277 e. The van der Waals surface area contributed by atoms with Crippen LogP contribution in [-0.4, -0.2) is 27.6 Å². The number of carbonyl (C=O) groups is 1. The second-order valence-electron chi connectivity index (χ2n) is 7.14. The van der Waals surface area contributed by atoms with Gasteiger partial charge in [0.2, 0.25) is 11.8 Å². The predicted octanol–water partition coefficient (Wildman–Crippen LogP) is 5.85. The van der Waals surface area contributed by atoms with E-state index in [4.69, 9.17) is 4.42 Å². The molecule has 0 fully saturated rings. The number of rotatable bonds is 5. The van der Waals surface area contributed by atoms with Gasteiger partial charge in [0.05, 0.1) is 17.5 Å². The minimum atomic E-state index is -0.332. The highest BCUT2D eigenvalue weighted by molar-refractivity contribution is 8.00. The molecule has 0 unspecified atom stereocenters. The summed E-state index contributed by atoms with van der Waals surface area (Å²) in [5, 5.41) is 8.35. The highest BCUT2D eigenvalue weighted by Crippen LogP contribution is 2.43. The van der Waals surface area contributed by atoms with Gasteiger partial charge in [-0.25, -0.2) is 4.39 Å². The van der Waals surface area contributed by atoms with Gasteiger partial charge in [0.1, 0.15) is 5.82 Å². The molecule has 0 saturated heterocycles. The van der Waals surface area contributed by atoms with Crippen LogP contribution in [0.15, 0.2) is 93.4 Å². The van der Waals surface area contributed by atoms with Crippen LogP contribution in [0.5, 0.6) is 0 Å². The Hall–Kier alpha value is -3.10. The summed E-state index contributed by atoms with van der Waals surface area (Å²) in [6, 6.07) is 23.8. The van der Waals surface area contributed by atoms with Crippen LogP contribution in [0.25, 0.3) is 11.5 Å². The Morgan fingerprint density at radius 3 is 2.59 bits per heavy atom. The smallest absolute Gasteiger partial charge is 0.277 e. The van der Waals surface area contributed by atoms with Crippen molar-refractivity contribution < 1.29 is 13.6 Å². The van der Waals surface area contributed by atoms with E-state index in [1.54, 1.807) is 23.9 Å². The first-order valence-corrected chi connectivity index (χ1v) is 12.0. The minimum absolute atomic E-state index is 0.0295. The van der Waals surface area contributed by atoms with Crippen LogP contribution < -0.4 is 4.90 Å². The minimum Gasteiger partial charge on any atom is -0.411 e. The van der Waals surface area contributed by atoms with Crippen molar-refractivity contribution in [2.45, 2.75) is 16.2 Å². The number of para-hydroxylation sites is 1. The lowest BCUT2D eigenvalue weighted by molar-refractivity contribution is -0.116. The molecule has 4 aromatic rings. The molecule has 1 aliphatic heterocycles. The Kier molecular flexibility index (Phi) is 5.96. The summed E-state index contributed by atoms with van der Waals surface area (Å²) >= 11 is 2.96. The number of fused-ring (bicyclic) bond motifs is 1. The summed E-state index contributed by atoms with van der Waals surface area (Å²) in [6.45, 7) is 0. The molecule has 0 bridgehead atoms. The van der Waals surface area contributed by atoms with E-state index in [1.165, 1.54) is 23.9 Å². The fourth-order valence-electron chi connectivity index (χ4n) is 3.59. The van der Waals surface area contributed by atoms with Gasteiger partial charge in [0, 0.05) is 16.2 Å². The van der Waals surface area contributed by atoms with E-state index in [0.29, 0.717) is 16.7 Å². The molecular formula is C24H18FN3O2S2. The van der Waals surface area contributed by atoms with Crippen molar-refractivity contribution in [1.29, 1.82) is 0 Å². The Morgan fingerprint density at radius 2 is 1.78 bits per heavy atom. The number of halogens is 1. The van der Waals surface area contributed by atoms with Gasteiger partial charge in [-0.1, -0.05) is 54.2 Å². The summed E-state index contributed by atoms with van der Waals surface area (Å²) < 4.78 is 18.8. The van der Waals surface area contributed by atoms with Gasteiger partial charge in [-0.2, -0.15) is 0 Å². The van der Waals surface area contributed by atoms with Crippen LogP contribution >= 0.6 is 23.5 Å². The maximum atomic E-state index is 13.4. The Labute approximate surface area is 193 Å². The van der Waals surface area contributed by atoms with Gasteiger partial charge in [-0.3, -0.25) is 4.79 Å². The van der Waals surface area contributed by atoms with Crippen molar-refractivity contribution in [3.05, 3.63) is 90.2 Å². The first kappa shape index (κ1) is 20.8. The number of benzene rings is 3. The number of aromatic nitrogens is 2. The molecule has 0 saturated carbocycles. The lowest BCUT2D eigenvalue weighted by Gasteiger charge is -2.37.